The third-order valence-corrected chi connectivity index (χ3v) is 4.52. The fourth-order valence-electron chi connectivity index (χ4n) is 3.05. The zero-order valence-electron chi connectivity index (χ0n) is 16.4. The molecule has 156 valence electrons. The molecule has 2 aromatic carbocycles. The molecule has 0 unspecified atom stereocenters. The molecule has 1 heterocycles. The topological polar surface area (TPSA) is 156 Å². The second kappa shape index (κ2) is 9.10. The minimum atomic E-state index is -0.834. The lowest BCUT2D eigenvalue weighted by Crippen LogP contribution is -2.20. The van der Waals surface area contributed by atoms with Gasteiger partial charge in [0.25, 0.3) is 5.56 Å². The summed E-state index contributed by atoms with van der Waals surface area (Å²) in [4.78, 5) is 29.8. The molecular weight excluding hydrogens is 386 g/mol. The highest BCUT2D eigenvalue weighted by Crippen LogP contribution is 2.33. The molecule has 0 radical (unpaired) electrons. The van der Waals surface area contributed by atoms with Gasteiger partial charge in [0.15, 0.2) is 5.82 Å². The number of aliphatic carboxylic acids is 1. The molecule has 1 aromatic heterocycles. The lowest BCUT2D eigenvalue weighted by atomic mass is 9.99. The first-order valence-electron chi connectivity index (χ1n) is 9.37. The lowest BCUT2D eigenvalue weighted by molar-refractivity contribution is -0.136. The van der Waals surface area contributed by atoms with Crippen molar-refractivity contribution in [2.75, 3.05) is 17.8 Å². The first-order valence-corrected chi connectivity index (χ1v) is 9.37. The maximum absolute atomic E-state index is 12.1. The Hall–Kier alpha value is -3.85. The van der Waals surface area contributed by atoms with Crippen molar-refractivity contribution in [2.45, 2.75) is 19.8 Å². The normalized spacial score (nSPS) is 10.6. The molecule has 0 saturated heterocycles. The van der Waals surface area contributed by atoms with Crippen LogP contribution in [0.2, 0.25) is 0 Å². The average Bonchev–Trinajstić information content (AvgIpc) is 2.74. The summed E-state index contributed by atoms with van der Waals surface area (Å²) in [7, 11) is 0. The Morgan fingerprint density at radius 2 is 2.00 bits per heavy atom. The molecule has 0 bridgehead atoms. The van der Waals surface area contributed by atoms with E-state index in [1.54, 1.807) is 6.07 Å². The number of carboxylic acid groups (broad SMARTS) is 1. The first-order chi connectivity index (χ1) is 14.4. The second-order valence-electron chi connectivity index (χ2n) is 6.56. The van der Waals surface area contributed by atoms with Crippen LogP contribution in [-0.4, -0.2) is 27.7 Å². The summed E-state index contributed by atoms with van der Waals surface area (Å²) in [6.45, 7) is 2.27. The van der Waals surface area contributed by atoms with Crippen LogP contribution >= 0.6 is 0 Å². The number of nitrogens with one attached hydrogen (secondary N) is 2. The molecule has 0 aliphatic carbocycles. The van der Waals surface area contributed by atoms with Crippen molar-refractivity contribution in [3.05, 3.63) is 58.4 Å². The van der Waals surface area contributed by atoms with E-state index in [1.165, 1.54) is 0 Å². The van der Waals surface area contributed by atoms with Gasteiger partial charge in [-0.15, -0.1) is 0 Å². The standard InChI is InChI=1S/C21H23N5O4/c1-2-30-16-11-14(13-5-3-4-12(10-13)6-9-17(27)28)7-8-15(16)19-24-20(26-23)18(22)21(29)25-19/h3-5,7-8,10-11H,2,6,9,22-23H2,1H3,(H,27,28)(H2,24,25,26,29). The summed E-state index contributed by atoms with van der Waals surface area (Å²) in [5.74, 6) is 5.45. The fourth-order valence-corrected chi connectivity index (χ4v) is 3.05. The number of aryl methyl sites for hydroxylation is 1. The summed E-state index contributed by atoms with van der Waals surface area (Å²) in [5.41, 5.74) is 10.7. The van der Waals surface area contributed by atoms with E-state index < -0.39 is 11.5 Å². The first kappa shape index (κ1) is 20.9. The van der Waals surface area contributed by atoms with Crippen molar-refractivity contribution in [2.24, 2.45) is 5.84 Å². The van der Waals surface area contributed by atoms with Crippen molar-refractivity contribution in [1.82, 2.24) is 9.97 Å². The molecule has 7 N–H and O–H groups in total. The molecule has 30 heavy (non-hydrogen) atoms. The van der Waals surface area contributed by atoms with Crippen molar-refractivity contribution in [1.29, 1.82) is 0 Å². The quantitative estimate of drug-likeness (QED) is 0.280. The molecule has 3 aromatic rings. The summed E-state index contributed by atoms with van der Waals surface area (Å²) < 4.78 is 5.78. The summed E-state index contributed by atoms with van der Waals surface area (Å²) in [6, 6.07) is 13.2. The molecule has 0 amide bonds. The van der Waals surface area contributed by atoms with Gasteiger partial charge in [-0.1, -0.05) is 30.3 Å². The van der Waals surface area contributed by atoms with E-state index in [1.807, 2.05) is 43.3 Å². The van der Waals surface area contributed by atoms with Gasteiger partial charge < -0.3 is 26.0 Å². The molecule has 0 aliphatic heterocycles. The van der Waals surface area contributed by atoms with Gasteiger partial charge in [0.1, 0.15) is 17.3 Å². The molecular formula is C21H23N5O4. The number of nitrogens with zero attached hydrogens (tertiary/aromatic N) is 1. The predicted molar refractivity (Wildman–Crippen MR) is 115 cm³/mol. The zero-order chi connectivity index (χ0) is 21.7. The number of aromatic amines is 1. The summed E-state index contributed by atoms with van der Waals surface area (Å²) >= 11 is 0. The monoisotopic (exact) mass is 409 g/mol. The summed E-state index contributed by atoms with van der Waals surface area (Å²) in [5, 5.41) is 8.90. The minimum absolute atomic E-state index is 0.0697. The highest BCUT2D eigenvalue weighted by atomic mass is 16.5. The van der Waals surface area contributed by atoms with Gasteiger partial charge in [-0.2, -0.15) is 0 Å². The number of nitrogen functional groups attached to an aromatic ring is 2. The van der Waals surface area contributed by atoms with Crippen molar-refractivity contribution < 1.29 is 14.6 Å². The highest BCUT2D eigenvalue weighted by molar-refractivity contribution is 5.75. The van der Waals surface area contributed by atoms with Crippen LogP contribution in [-0.2, 0) is 11.2 Å². The Morgan fingerprint density at radius 1 is 1.23 bits per heavy atom. The third kappa shape index (κ3) is 4.58. The van der Waals surface area contributed by atoms with Gasteiger partial charge in [0, 0.05) is 6.42 Å². The maximum atomic E-state index is 12.1. The predicted octanol–water partition coefficient (Wildman–Crippen LogP) is 2.39. The fraction of sp³-hybridized carbons (Fsp3) is 0.190. The molecule has 9 heteroatoms. The minimum Gasteiger partial charge on any atom is -0.493 e. The van der Waals surface area contributed by atoms with Gasteiger partial charge in [-0.25, -0.2) is 10.8 Å². The number of carbonyl (C=O) groups is 1. The number of hydrazine groups is 1. The van der Waals surface area contributed by atoms with Crippen molar-refractivity contribution >= 4 is 17.5 Å². The van der Waals surface area contributed by atoms with E-state index in [2.05, 4.69) is 15.4 Å². The number of anilines is 2. The number of benzene rings is 2. The molecule has 0 saturated carbocycles. The van der Waals surface area contributed by atoms with Crippen LogP contribution in [0.25, 0.3) is 22.5 Å². The largest absolute Gasteiger partial charge is 0.493 e. The number of hydrogen-bond donors (Lipinski definition) is 5. The van der Waals surface area contributed by atoms with Crippen LogP contribution in [0.15, 0.2) is 47.3 Å². The van der Waals surface area contributed by atoms with E-state index in [0.717, 1.165) is 16.7 Å². The van der Waals surface area contributed by atoms with Crippen LogP contribution < -0.4 is 27.3 Å². The molecule has 3 rings (SSSR count). The molecule has 0 atom stereocenters. The maximum Gasteiger partial charge on any atom is 0.303 e. The van der Waals surface area contributed by atoms with Crippen LogP contribution in [0.5, 0.6) is 5.75 Å². The Kier molecular flexibility index (Phi) is 6.33. The number of aromatic nitrogens is 2. The van der Waals surface area contributed by atoms with Gasteiger partial charge in [-0.3, -0.25) is 9.59 Å². The molecule has 0 aliphatic rings. The summed E-state index contributed by atoms with van der Waals surface area (Å²) in [6.07, 6.45) is 0.519. The lowest BCUT2D eigenvalue weighted by Gasteiger charge is -2.14. The number of rotatable bonds is 8. The third-order valence-electron chi connectivity index (χ3n) is 4.52. The van der Waals surface area contributed by atoms with Gasteiger partial charge >= 0.3 is 5.97 Å². The van der Waals surface area contributed by atoms with Crippen molar-refractivity contribution in [3.63, 3.8) is 0 Å². The van der Waals surface area contributed by atoms with Gasteiger partial charge in [-0.05, 0) is 42.2 Å². The van der Waals surface area contributed by atoms with E-state index in [9.17, 15) is 9.59 Å². The Morgan fingerprint density at radius 3 is 2.70 bits per heavy atom. The number of ether oxygens (including phenoxy) is 1. The van der Waals surface area contributed by atoms with Crippen LogP contribution in [0.1, 0.15) is 18.9 Å². The van der Waals surface area contributed by atoms with E-state index in [-0.39, 0.29) is 23.8 Å². The van der Waals surface area contributed by atoms with Gasteiger partial charge in [0.05, 0.1) is 12.2 Å². The Labute approximate surface area is 172 Å². The average molecular weight is 409 g/mol. The molecule has 0 spiro atoms. The van der Waals surface area contributed by atoms with Gasteiger partial charge in [0.2, 0.25) is 0 Å². The van der Waals surface area contributed by atoms with Crippen LogP contribution in [0.4, 0.5) is 11.5 Å². The number of H-pyrrole nitrogens is 1. The highest BCUT2D eigenvalue weighted by Gasteiger charge is 2.14. The second-order valence-corrected chi connectivity index (χ2v) is 6.56. The Bertz CT molecular complexity index is 1130. The molecule has 0 fully saturated rings. The SMILES string of the molecule is CCOc1cc(-c2cccc(CCC(=O)O)c2)ccc1-c1nc(NN)c(N)c(=O)[nH]1. The van der Waals surface area contributed by atoms with E-state index in [4.69, 9.17) is 21.4 Å². The zero-order valence-corrected chi connectivity index (χ0v) is 16.4. The number of hydrogen-bond acceptors (Lipinski definition) is 7. The smallest absolute Gasteiger partial charge is 0.303 e. The van der Waals surface area contributed by atoms with E-state index in [0.29, 0.717) is 24.3 Å². The van der Waals surface area contributed by atoms with Crippen LogP contribution in [0.3, 0.4) is 0 Å². The van der Waals surface area contributed by atoms with Crippen LogP contribution in [0, 0.1) is 0 Å². The Balaban J connectivity index is 2.03. The van der Waals surface area contributed by atoms with Crippen molar-refractivity contribution in [3.8, 4) is 28.3 Å². The van der Waals surface area contributed by atoms with E-state index >= 15 is 0 Å². The molecule has 9 nitrogen and oxygen atoms in total. The number of nitrogens with two attached hydrogens (primary N) is 2. The number of carboxylic acids is 1.